The van der Waals surface area contributed by atoms with Crippen molar-refractivity contribution in [3.05, 3.63) is 40.6 Å². The number of nitrogens with one attached hydrogen (secondary N) is 1. The molecule has 112 valence electrons. The van der Waals surface area contributed by atoms with Gasteiger partial charge in [-0.2, -0.15) is 0 Å². The van der Waals surface area contributed by atoms with Crippen molar-refractivity contribution >= 4 is 17.0 Å². The van der Waals surface area contributed by atoms with E-state index in [9.17, 15) is 5.11 Å². The maximum absolute atomic E-state index is 9.89. The molecule has 21 heavy (non-hydrogen) atoms. The van der Waals surface area contributed by atoms with Crippen molar-refractivity contribution in [2.24, 2.45) is 0 Å². The smallest absolute Gasteiger partial charge is 0.231 e. The minimum atomic E-state index is -0.560. The highest BCUT2D eigenvalue weighted by molar-refractivity contribution is 7.09. The minimum Gasteiger partial charge on any atom is -0.454 e. The molecule has 2 aromatic rings. The third-order valence-electron chi connectivity index (χ3n) is 3.05. The molecule has 0 radical (unpaired) electrons. The Kier molecular flexibility index (Phi) is 4.59. The van der Waals surface area contributed by atoms with Gasteiger partial charge in [-0.15, -0.1) is 11.3 Å². The molecule has 1 aromatic heterocycles. The molecule has 3 rings (SSSR count). The van der Waals surface area contributed by atoms with Gasteiger partial charge in [0.25, 0.3) is 0 Å². The average Bonchev–Trinajstić information content (AvgIpc) is 3.15. The molecule has 0 saturated heterocycles. The molecule has 1 atom stereocenters. The van der Waals surface area contributed by atoms with E-state index in [1.807, 2.05) is 35.7 Å². The predicted molar refractivity (Wildman–Crippen MR) is 81.0 cm³/mol. The number of thiophene rings is 1. The van der Waals surface area contributed by atoms with Crippen LogP contribution >= 0.6 is 11.3 Å². The fourth-order valence-electron chi connectivity index (χ4n) is 1.99. The first-order chi connectivity index (χ1) is 10.3. The van der Waals surface area contributed by atoms with Crippen LogP contribution in [-0.4, -0.2) is 31.2 Å². The maximum atomic E-state index is 9.89. The number of rotatable bonds is 7. The number of benzene rings is 1. The molecular weight excluding hydrogens is 290 g/mol. The molecule has 0 amide bonds. The van der Waals surface area contributed by atoms with Crippen LogP contribution < -0.4 is 14.8 Å². The lowest BCUT2D eigenvalue weighted by molar-refractivity contribution is 0.0359. The third kappa shape index (κ3) is 3.87. The van der Waals surface area contributed by atoms with Gasteiger partial charge in [0.15, 0.2) is 11.5 Å². The lowest BCUT2D eigenvalue weighted by atomic mass is 10.2. The van der Waals surface area contributed by atoms with Crippen LogP contribution in [-0.2, 0) is 11.3 Å². The lowest BCUT2D eigenvalue weighted by Crippen LogP contribution is -2.24. The largest absolute Gasteiger partial charge is 0.454 e. The molecule has 0 bridgehead atoms. The van der Waals surface area contributed by atoms with Crippen molar-refractivity contribution < 1.29 is 19.3 Å². The van der Waals surface area contributed by atoms with E-state index >= 15 is 0 Å². The Morgan fingerprint density at radius 3 is 3.05 bits per heavy atom. The number of fused-ring (bicyclic) bond motifs is 1. The summed E-state index contributed by atoms with van der Waals surface area (Å²) in [6.45, 7) is 1.52. The summed E-state index contributed by atoms with van der Waals surface area (Å²) in [6, 6.07) is 9.61. The second kappa shape index (κ2) is 6.80. The van der Waals surface area contributed by atoms with Crippen molar-refractivity contribution in [3.8, 4) is 11.5 Å². The maximum Gasteiger partial charge on any atom is 0.231 e. The fourth-order valence-corrected chi connectivity index (χ4v) is 2.63. The second-order valence-corrected chi connectivity index (χ2v) is 5.73. The van der Waals surface area contributed by atoms with Crippen LogP contribution in [0.1, 0.15) is 4.88 Å². The van der Waals surface area contributed by atoms with E-state index in [0.717, 1.165) is 22.1 Å². The summed E-state index contributed by atoms with van der Waals surface area (Å²) in [6.07, 6.45) is -0.560. The van der Waals surface area contributed by atoms with Gasteiger partial charge in [0.05, 0.1) is 19.3 Å². The molecule has 2 N–H and O–H groups in total. The van der Waals surface area contributed by atoms with E-state index in [2.05, 4.69) is 5.32 Å². The summed E-state index contributed by atoms with van der Waals surface area (Å²) in [5, 5.41) is 15.1. The summed E-state index contributed by atoms with van der Waals surface area (Å²) in [7, 11) is 0. The molecule has 0 fully saturated rings. The number of anilines is 1. The topological polar surface area (TPSA) is 60.0 Å². The average molecular weight is 307 g/mol. The molecule has 2 heterocycles. The lowest BCUT2D eigenvalue weighted by Gasteiger charge is -2.13. The van der Waals surface area contributed by atoms with Crippen molar-refractivity contribution in [2.45, 2.75) is 12.7 Å². The van der Waals surface area contributed by atoms with E-state index in [4.69, 9.17) is 14.2 Å². The van der Waals surface area contributed by atoms with Crippen LogP contribution in [0.25, 0.3) is 0 Å². The summed E-state index contributed by atoms with van der Waals surface area (Å²) in [4.78, 5) is 1.16. The van der Waals surface area contributed by atoms with Gasteiger partial charge in [-0.1, -0.05) is 6.07 Å². The van der Waals surface area contributed by atoms with Gasteiger partial charge in [0.1, 0.15) is 0 Å². The molecule has 0 saturated carbocycles. The molecule has 1 unspecified atom stereocenters. The Bertz CT molecular complexity index is 573. The van der Waals surface area contributed by atoms with Gasteiger partial charge in [0.2, 0.25) is 6.79 Å². The quantitative estimate of drug-likeness (QED) is 0.823. The van der Waals surface area contributed by atoms with Gasteiger partial charge in [-0.05, 0) is 23.6 Å². The molecular formula is C15H17NO4S. The zero-order chi connectivity index (χ0) is 14.5. The minimum absolute atomic E-state index is 0.262. The highest BCUT2D eigenvalue weighted by Crippen LogP contribution is 2.34. The third-order valence-corrected chi connectivity index (χ3v) is 3.90. The van der Waals surface area contributed by atoms with Crippen LogP contribution in [0.4, 0.5) is 5.69 Å². The van der Waals surface area contributed by atoms with Crippen LogP contribution in [0.15, 0.2) is 35.7 Å². The van der Waals surface area contributed by atoms with Gasteiger partial charge in [0, 0.05) is 23.2 Å². The van der Waals surface area contributed by atoms with Crippen molar-refractivity contribution in [1.82, 2.24) is 0 Å². The van der Waals surface area contributed by atoms with Crippen molar-refractivity contribution in [3.63, 3.8) is 0 Å². The van der Waals surface area contributed by atoms with E-state index in [-0.39, 0.29) is 6.79 Å². The fraction of sp³-hybridized carbons (Fsp3) is 0.333. The Labute approximate surface area is 127 Å². The monoisotopic (exact) mass is 307 g/mol. The summed E-state index contributed by atoms with van der Waals surface area (Å²) < 4.78 is 16.0. The van der Waals surface area contributed by atoms with Crippen molar-refractivity contribution in [1.29, 1.82) is 0 Å². The highest BCUT2D eigenvalue weighted by atomic mass is 32.1. The van der Waals surface area contributed by atoms with Crippen molar-refractivity contribution in [2.75, 3.05) is 25.3 Å². The van der Waals surface area contributed by atoms with Crippen LogP contribution in [0, 0.1) is 0 Å². The molecule has 0 aliphatic carbocycles. The van der Waals surface area contributed by atoms with E-state index in [0.29, 0.717) is 19.8 Å². The van der Waals surface area contributed by atoms with E-state index in [1.54, 1.807) is 11.3 Å². The standard InChI is InChI=1S/C15H17NO4S/c17-12(8-18-9-13-2-1-5-21-13)7-16-11-3-4-14-15(6-11)20-10-19-14/h1-6,12,16-17H,7-10H2. The van der Waals surface area contributed by atoms with Crippen LogP contribution in [0.3, 0.4) is 0 Å². The van der Waals surface area contributed by atoms with E-state index in [1.165, 1.54) is 0 Å². The van der Waals surface area contributed by atoms with Gasteiger partial charge in [-0.25, -0.2) is 0 Å². The first-order valence-electron chi connectivity index (χ1n) is 6.73. The van der Waals surface area contributed by atoms with Gasteiger partial charge in [-0.3, -0.25) is 0 Å². The van der Waals surface area contributed by atoms with Crippen LogP contribution in [0.2, 0.25) is 0 Å². The summed E-state index contributed by atoms with van der Waals surface area (Å²) in [5.41, 5.74) is 0.886. The zero-order valence-corrected chi connectivity index (χ0v) is 12.3. The summed E-state index contributed by atoms with van der Waals surface area (Å²) in [5.74, 6) is 1.48. The number of aliphatic hydroxyl groups is 1. The van der Waals surface area contributed by atoms with E-state index < -0.39 is 6.10 Å². The first kappa shape index (κ1) is 14.2. The Hall–Kier alpha value is -1.76. The highest BCUT2D eigenvalue weighted by Gasteiger charge is 2.13. The second-order valence-electron chi connectivity index (χ2n) is 4.70. The molecule has 1 aliphatic rings. The van der Waals surface area contributed by atoms with Gasteiger partial charge >= 0.3 is 0 Å². The molecule has 1 aliphatic heterocycles. The number of hydrogen-bond acceptors (Lipinski definition) is 6. The molecule has 6 heteroatoms. The summed E-state index contributed by atoms with van der Waals surface area (Å²) >= 11 is 1.65. The Morgan fingerprint density at radius 1 is 1.29 bits per heavy atom. The van der Waals surface area contributed by atoms with Crippen LogP contribution in [0.5, 0.6) is 11.5 Å². The molecule has 5 nitrogen and oxygen atoms in total. The Balaban J connectivity index is 1.40. The van der Waals surface area contributed by atoms with Gasteiger partial charge < -0.3 is 24.6 Å². The predicted octanol–water partition coefficient (Wildman–Crippen LogP) is 2.47. The number of ether oxygens (including phenoxy) is 3. The SMILES string of the molecule is OC(CNc1ccc2c(c1)OCO2)COCc1cccs1. The molecule has 1 aromatic carbocycles. The number of aliphatic hydroxyl groups excluding tert-OH is 1. The normalized spacial score (nSPS) is 14.1. The first-order valence-corrected chi connectivity index (χ1v) is 7.61. The molecule has 0 spiro atoms. The number of hydrogen-bond donors (Lipinski definition) is 2. The zero-order valence-electron chi connectivity index (χ0n) is 11.5. The Morgan fingerprint density at radius 2 is 2.19 bits per heavy atom.